The molecule has 1 aliphatic rings. The Morgan fingerprint density at radius 1 is 1.12 bits per heavy atom. The summed E-state index contributed by atoms with van der Waals surface area (Å²) >= 11 is 0. The fourth-order valence-electron chi connectivity index (χ4n) is 2.11. The summed E-state index contributed by atoms with van der Waals surface area (Å²) in [5.41, 5.74) is 1.77. The maximum atomic E-state index is 3.84. The number of nitrogens with one attached hydrogen (secondary N) is 1. The van der Waals surface area contributed by atoms with Crippen molar-refractivity contribution in [2.75, 3.05) is 0 Å². The van der Waals surface area contributed by atoms with Gasteiger partial charge >= 0.3 is 0 Å². The smallest absolute Gasteiger partial charge is 0.0351 e. The lowest BCUT2D eigenvalue weighted by atomic mass is 9.86. The van der Waals surface area contributed by atoms with Crippen LogP contribution in [-0.2, 0) is 0 Å². The summed E-state index contributed by atoms with van der Waals surface area (Å²) in [6, 6.07) is 12.0. The average Bonchev–Trinajstić information content (AvgIpc) is 3.09. The van der Waals surface area contributed by atoms with Gasteiger partial charge in [-0.2, -0.15) is 0 Å². The van der Waals surface area contributed by atoms with Crippen LogP contribution < -0.4 is 5.32 Å². The molecule has 0 aliphatic heterocycles. The lowest BCUT2D eigenvalue weighted by Gasteiger charge is -2.32. The number of hydrogen-bond acceptors (Lipinski definition) is 1. The van der Waals surface area contributed by atoms with Gasteiger partial charge in [-0.25, -0.2) is 0 Å². The van der Waals surface area contributed by atoms with Crippen molar-refractivity contribution in [2.24, 2.45) is 11.3 Å². The van der Waals surface area contributed by atoms with Crippen molar-refractivity contribution in [1.82, 2.24) is 5.32 Å². The molecular formula is C16H25N. The first kappa shape index (κ1) is 12.6. The largest absolute Gasteiger partial charge is 0.307 e. The van der Waals surface area contributed by atoms with Gasteiger partial charge in [0.1, 0.15) is 0 Å². The van der Waals surface area contributed by atoms with E-state index in [-0.39, 0.29) is 0 Å². The Bertz CT molecular complexity index is 346. The lowest BCUT2D eigenvalue weighted by molar-refractivity contribution is 0.254. The van der Waals surface area contributed by atoms with E-state index in [0.29, 0.717) is 17.5 Å². The molecule has 1 aromatic carbocycles. The Morgan fingerprint density at radius 3 is 2.18 bits per heavy atom. The highest BCUT2D eigenvalue weighted by molar-refractivity contribution is 5.21. The average molecular weight is 231 g/mol. The van der Waals surface area contributed by atoms with Crippen LogP contribution in [0, 0.1) is 11.3 Å². The molecule has 2 atom stereocenters. The molecule has 0 bridgehead atoms. The quantitative estimate of drug-likeness (QED) is 0.820. The van der Waals surface area contributed by atoms with Crippen LogP contribution in [0.5, 0.6) is 0 Å². The number of hydrogen-bond donors (Lipinski definition) is 1. The Morgan fingerprint density at radius 2 is 1.71 bits per heavy atom. The Balaban J connectivity index is 2.09. The van der Waals surface area contributed by atoms with Crippen LogP contribution in [-0.4, -0.2) is 6.04 Å². The number of rotatable bonds is 4. The molecule has 0 saturated heterocycles. The zero-order valence-electron chi connectivity index (χ0n) is 11.5. The summed E-state index contributed by atoms with van der Waals surface area (Å²) in [6.45, 7) is 9.22. The molecule has 0 aromatic heterocycles. The summed E-state index contributed by atoms with van der Waals surface area (Å²) in [5, 5.41) is 3.84. The SMILES string of the molecule is CC(NC(c1ccccc1)C1CC1)C(C)(C)C. The molecule has 94 valence electrons. The Hall–Kier alpha value is -0.820. The first-order valence-electron chi connectivity index (χ1n) is 6.79. The van der Waals surface area contributed by atoms with Gasteiger partial charge in [0, 0.05) is 12.1 Å². The summed E-state index contributed by atoms with van der Waals surface area (Å²) in [7, 11) is 0. The van der Waals surface area contributed by atoms with E-state index in [4.69, 9.17) is 0 Å². The van der Waals surface area contributed by atoms with Crippen molar-refractivity contribution >= 4 is 0 Å². The second-order valence-corrected chi connectivity index (χ2v) is 6.48. The second-order valence-electron chi connectivity index (χ2n) is 6.48. The van der Waals surface area contributed by atoms with Gasteiger partial charge in [-0.3, -0.25) is 0 Å². The van der Waals surface area contributed by atoms with E-state index in [0.717, 1.165) is 5.92 Å². The summed E-state index contributed by atoms with van der Waals surface area (Å²) in [5.74, 6) is 0.849. The standard InChI is InChI=1S/C16H25N/c1-12(16(2,3)4)17-15(14-10-11-14)13-8-6-5-7-9-13/h5-9,12,14-15,17H,10-11H2,1-4H3. The molecule has 0 spiro atoms. The molecule has 1 fully saturated rings. The third-order valence-electron chi connectivity index (χ3n) is 3.98. The van der Waals surface area contributed by atoms with E-state index in [1.54, 1.807) is 0 Å². The van der Waals surface area contributed by atoms with Crippen LogP contribution in [0.15, 0.2) is 30.3 Å². The highest BCUT2D eigenvalue weighted by Crippen LogP contribution is 2.41. The Kier molecular flexibility index (Phi) is 3.58. The minimum atomic E-state index is 0.321. The first-order chi connectivity index (χ1) is 7.98. The van der Waals surface area contributed by atoms with E-state index in [1.807, 2.05) is 0 Å². The minimum Gasteiger partial charge on any atom is -0.307 e. The van der Waals surface area contributed by atoms with Gasteiger partial charge in [0.05, 0.1) is 0 Å². The van der Waals surface area contributed by atoms with Crippen molar-refractivity contribution in [3.63, 3.8) is 0 Å². The monoisotopic (exact) mass is 231 g/mol. The van der Waals surface area contributed by atoms with Crippen LogP contribution >= 0.6 is 0 Å². The molecule has 0 amide bonds. The molecule has 2 unspecified atom stereocenters. The van der Waals surface area contributed by atoms with Crippen molar-refractivity contribution in [1.29, 1.82) is 0 Å². The van der Waals surface area contributed by atoms with Gasteiger partial charge in [-0.05, 0) is 36.7 Å². The molecule has 1 nitrogen and oxygen atoms in total. The summed E-state index contributed by atoms with van der Waals surface area (Å²) in [6.07, 6.45) is 2.76. The Labute approximate surface area is 106 Å². The van der Waals surface area contributed by atoms with Crippen LogP contribution in [0.2, 0.25) is 0 Å². The predicted octanol–water partition coefficient (Wildman–Crippen LogP) is 4.16. The van der Waals surface area contributed by atoms with Gasteiger partial charge in [-0.1, -0.05) is 51.1 Å². The van der Waals surface area contributed by atoms with Crippen molar-refractivity contribution in [3.05, 3.63) is 35.9 Å². The number of benzene rings is 1. The topological polar surface area (TPSA) is 12.0 Å². The summed E-state index contributed by atoms with van der Waals surface area (Å²) in [4.78, 5) is 0. The highest BCUT2D eigenvalue weighted by atomic mass is 15.0. The molecule has 2 rings (SSSR count). The van der Waals surface area contributed by atoms with Crippen molar-refractivity contribution in [2.45, 2.75) is 52.6 Å². The van der Waals surface area contributed by atoms with Crippen molar-refractivity contribution < 1.29 is 0 Å². The zero-order valence-corrected chi connectivity index (χ0v) is 11.5. The van der Waals surface area contributed by atoms with Crippen LogP contribution in [0.4, 0.5) is 0 Å². The molecule has 0 heterocycles. The molecule has 1 aliphatic carbocycles. The van der Waals surface area contributed by atoms with E-state index in [2.05, 4.69) is 63.3 Å². The maximum absolute atomic E-state index is 3.84. The van der Waals surface area contributed by atoms with Crippen molar-refractivity contribution in [3.8, 4) is 0 Å². The van der Waals surface area contributed by atoms with E-state index >= 15 is 0 Å². The molecule has 1 heteroatoms. The lowest BCUT2D eigenvalue weighted by Crippen LogP contribution is -2.40. The highest BCUT2D eigenvalue weighted by Gasteiger charge is 2.34. The fraction of sp³-hybridized carbons (Fsp3) is 0.625. The van der Waals surface area contributed by atoms with Gasteiger partial charge in [-0.15, -0.1) is 0 Å². The normalized spacial score (nSPS) is 20.0. The minimum absolute atomic E-state index is 0.321. The fourth-order valence-corrected chi connectivity index (χ4v) is 2.11. The van der Waals surface area contributed by atoms with E-state index in [9.17, 15) is 0 Å². The van der Waals surface area contributed by atoms with Gasteiger partial charge < -0.3 is 5.32 Å². The second kappa shape index (κ2) is 4.81. The molecule has 0 radical (unpaired) electrons. The molecule has 1 N–H and O–H groups in total. The summed E-state index contributed by atoms with van der Waals surface area (Å²) < 4.78 is 0. The van der Waals surface area contributed by atoms with Gasteiger partial charge in [0.2, 0.25) is 0 Å². The third kappa shape index (κ3) is 3.32. The van der Waals surface area contributed by atoms with Crippen LogP contribution in [0.1, 0.15) is 52.1 Å². The van der Waals surface area contributed by atoms with E-state index in [1.165, 1.54) is 18.4 Å². The molecular weight excluding hydrogens is 206 g/mol. The third-order valence-corrected chi connectivity index (χ3v) is 3.98. The zero-order chi connectivity index (χ0) is 12.5. The molecule has 1 saturated carbocycles. The van der Waals surface area contributed by atoms with Crippen LogP contribution in [0.3, 0.4) is 0 Å². The van der Waals surface area contributed by atoms with Gasteiger partial charge in [0.15, 0.2) is 0 Å². The van der Waals surface area contributed by atoms with Crippen LogP contribution in [0.25, 0.3) is 0 Å². The van der Waals surface area contributed by atoms with E-state index < -0.39 is 0 Å². The molecule has 17 heavy (non-hydrogen) atoms. The van der Waals surface area contributed by atoms with Gasteiger partial charge in [0.25, 0.3) is 0 Å². The maximum Gasteiger partial charge on any atom is 0.0351 e. The molecule has 1 aromatic rings. The first-order valence-corrected chi connectivity index (χ1v) is 6.79. The predicted molar refractivity (Wildman–Crippen MR) is 74.0 cm³/mol.